The highest BCUT2D eigenvalue weighted by Crippen LogP contribution is 2.12. The summed E-state index contributed by atoms with van der Waals surface area (Å²) in [5, 5.41) is 2.83. The van der Waals surface area contributed by atoms with E-state index in [0.29, 0.717) is 39.1 Å². The topological polar surface area (TPSA) is 52.7 Å². The molecule has 1 heterocycles. The van der Waals surface area contributed by atoms with E-state index in [1.807, 2.05) is 0 Å². The van der Waals surface area contributed by atoms with E-state index in [4.69, 9.17) is 0 Å². The Bertz CT molecular complexity index is 527. The smallest absolute Gasteiger partial charge is 0.256 e. The quantitative estimate of drug-likeness (QED) is 0.905. The van der Waals surface area contributed by atoms with Crippen LogP contribution in [-0.4, -0.2) is 61.4 Å². The fraction of sp³-hybridized carbons (Fsp3) is 0.467. The van der Waals surface area contributed by atoms with Gasteiger partial charge in [0.25, 0.3) is 5.91 Å². The molecule has 2 amide bonds. The van der Waals surface area contributed by atoms with Crippen molar-refractivity contribution < 1.29 is 14.0 Å². The molecular formula is C15H21ClFN3O2. The molecule has 1 N–H and O–H groups in total. The number of benzene rings is 1. The second kappa shape index (κ2) is 8.70. The third-order valence-corrected chi connectivity index (χ3v) is 3.57. The van der Waals surface area contributed by atoms with Gasteiger partial charge in [-0.05, 0) is 25.6 Å². The van der Waals surface area contributed by atoms with Crippen LogP contribution in [0.15, 0.2) is 24.3 Å². The van der Waals surface area contributed by atoms with Crippen molar-refractivity contribution in [2.24, 2.45) is 0 Å². The molecule has 2 rings (SSSR count). The maximum Gasteiger partial charge on any atom is 0.256 e. The summed E-state index contributed by atoms with van der Waals surface area (Å²) in [6, 6.07) is 5.99. The summed E-state index contributed by atoms with van der Waals surface area (Å²) >= 11 is 0. The largest absolute Gasteiger partial charge is 0.340 e. The number of hydrogen-bond donors (Lipinski definition) is 1. The summed E-state index contributed by atoms with van der Waals surface area (Å²) in [5.74, 6) is -0.788. The van der Waals surface area contributed by atoms with E-state index in [2.05, 4.69) is 5.32 Å². The predicted octanol–water partition coefficient (Wildman–Crippen LogP) is 1.14. The number of likely N-dealkylation sites (N-methyl/N-ethyl adjacent to an activating group) is 1. The Kier molecular flexibility index (Phi) is 7.27. The molecule has 1 aliphatic rings. The number of carbonyl (C=O) groups excluding carboxylic acids is 2. The van der Waals surface area contributed by atoms with E-state index < -0.39 is 5.82 Å². The van der Waals surface area contributed by atoms with Crippen LogP contribution in [0.3, 0.4) is 0 Å². The first-order chi connectivity index (χ1) is 10.1. The zero-order chi connectivity index (χ0) is 15.2. The molecule has 22 heavy (non-hydrogen) atoms. The summed E-state index contributed by atoms with van der Waals surface area (Å²) in [6.45, 7) is 2.38. The van der Waals surface area contributed by atoms with Crippen LogP contribution in [0.2, 0.25) is 0 Å². The Morgan fingerprint density at radius 1 is 1.14 bits per heavy atom. The maximum atomic E-state index is 13.7. The number of hydrogen-bond acceptors (Lipinski definition) is 3. The third-order valence-electron chi connectivity index (χ3n) is 3.57. The minimum absolute atomic E-state index is 0. The SMILES string of the molecule is CNCC(=O)N1CCCN(C(=O)c2ccccc2F)CC1.Cl. The van der Waals surface area contributed by atoms with E-state index in [9.17, 15) is 14.0 Å². The molecule has 1 fully saturated rings. The number of rotatable bonds is 3. The monoisotopic (exact) mass is 329 g/mol. The lowest BCUT2D eigenvalue weighted by Crippen LogP contribution is -2.40. The van der Waals surface area contributed by atoms with Crippen LogP contribution in [0.4, 0.5) is 4.39 Å². The van der Waals surface area contributed by atoms with Gasteiger partial charge in [-0.1, -0.05) is 12.1 Å². The molecule has 0 saturated carbocycles. The second-order valence-electron chi connectivity index (χ2n) is 5.04. The molecule has 1 aliphatic heterocycles. The Hall–Kier alpha value is -1.66. The summed E-state index contributed by atoms with van der Waals surface area (Å²) in [5.41, 5.74) is 0.0903. The lowest BCUT2D eigenvalue weighted by atomic mass is 10.2. The Balaban J connectivity index is 0.00000242. The highest BCUT2D eigenvalue weighted by molar-refractivity contribution is 5.94. The number of nitrogens with zero attached hydrogens (tertiary/aromatic N) is 2. The predicted molar refractivity (Wildman–Crippen MR) is 84.7 cm³/mol. The van der Waals surface area contributed by atoms with Crippen LogP contribution in [0, 0.1) is 5.82 Å². The van der Waals surface area contributed by atoms with Crippen molar-refractivity contribution in [2.75, 3.05) is 39.8 Å². The fourth-order valence-electron chi connectivity index (χ4n) is 2.44. The minimum Gasteiger partial charge on any atom is -0.340 e. The third kappa shape index (κ3) is 4.42. The second-order valence-corrected chi connectivity index (χ2v) is 5.04. The number of nitrogens with one attached hydrogen (secondary N) is 1. The van der Waals surface area contributed by atoms with Crippen LogP contribution in [0.25, 0.3) is 0 Å². The molecule has 5 nitrogen and oxygen atoms in total. The zero-order valence-electron chi connectivity index (χ0n) is 12.5. The fourth-order valence-corrected chi connectivity index (χ4v) is 2.44. The van der Waals surface area contributed by atoms with Gasteiger partial charge in [0.15, 0.2) is 0 Å². The van der Waals surface area contributed by atoms with Gasteiger partial charge in [0.2, 0.25) is 5.91 Å². The van der Waals surface area contributed by atoms with Crippen molar-refractivity contribution in [1.29, 1.82) is 0 Å². The van der Waals surface area contributed by atoms with Crippen LogP contribution in [0.5, 0.6) is 0 Å². The van der Waals surface area contributed by atoms with Gasteiger partial charge in [-0.25, -0.2) is 4.39 Å². The maximum absolute atomic E-state index is 13.7. The average molecular weight is 330 g/mol. The van der Waals surface area contributed by atoms with Gasteiger partial charge < -0.3 is 15.1 Å². The van der Waals surface area contributed by atoms with Crippen molar-refractivity contribution in [3.8, 4) is 0 Å². The molecule has 7 heteroatoms. The van der Waals surface area contributed by atoms with Crippen LogP contribution >= 0.6 is 12.4 Å². The Morgan fingerprint density at radius 3 is 2.45 bits per heavy atom. The van der Waals surface area contributed by atoms with Crippen LogP contribution in [-0.2, 0) is 4.79 Å². The van der Waals surface area contributed by atoms with Crippen molar-refractivity contribution in [3.05, 3.63) is 35.6 Å². The molecule has 0 bridgehead atoms. The molecule has 1 aromatic carbocycles. The van der Waals surface area contributed by atoms with E-state index >= 15 is 0 Å². The first kappa shape index (κ1) is 18.4. The van der Waals surface area contributed by atoms with Gasteiger partial charge in [0.1, 0.15) is 5.82 Å². The zero-order valence-corrected chi connectivity index (χ0v) is 13.4. The van der Waals surface area contributed by atoms with Gasteiger partial charge in [-0.15, -0.1) is 12.4 Å². The standard InChI is InChI=1S/C15H20FN3O2.ClH/c1-17-11-14(20)18-7-4-8-19(10-9-18)15(21)12-5-2-3-6-13(12)16;/h2-3,5-6,17H,4,7-11H2,1H3;1H. The van der Waals surface area contributed by atoms with Gasteiger partial charge in [0.05, 0.1) is 12.1 Å². The minimum atomic E-state index is -0.505. The number of amides is 2. The molecule has 0 aliphatic carbocycles. The molecule has 0 spiro atoms. The van der Waals surface area contributed by atoms with Crippen molar-refractivity contribution in [2.45, 2.75) is 6.42 Å². The summed E-state index contributed by atoms with van der Waals surface area (Å²) < 4.78 is 13.7. The van der Waals surface area contributed by atoms with Gasteiger partial charge >= 0.3 is 0 Å². The van der Waals surface area contributed by atoms with Gasteiger partial charge in [-0.2, -0.15) is 0 Å². The molecular weight excluding hydrogens is 309 g/mol. The van der Waals surface area contributed by atoms with E-state index in [1.54, 1.807) is 29.0 Å². The van der Waals surface area contributed by atoms with Crippen molar-refractivity contribution in [3.63, 3.8) is 0 Å². The normalized spacial score (nSPS) is 15.0. The van der Waals surface area contributed by atoms with Gasteiger partial charge in [-0.3, -0.25) is 9.59 Å². The average Bonchev–Trinajstić information content (AvgIpc) is 2.73. The molecule has 0 atom stereocenters. The number of carbonyl (C=O) groups is 2. The van der Waals surface area contributed by atoms with E-state index in [0.717, 1.165) is 0 Å². The molecule has 0 radical (unpaired) electrons. The van der Waals surface area contributed by atoms with E-state index in [-0.39, 0.29) is 29.8 Å². The molecule has 0 unspecified atom stereocenters. The van der Waals surface area contributed by atoms with Crippen molar-refractivity contribution in [1.82, 2.24) is 15.1 Å². The highest BCUT2D eigenvalue weighted by atomic mass is 35.5. The van der Waals surface area contributed by atoms with Crippen LogP contribution < -0.4 is 5.32 Å². The first-order valence-corrected chi connectivity index (χ1v) is 7.09. The summed E-state index contributed by atoms with van der Waals surface area (Å²) in [7, 11) is 1.73. The lowest BCUT2D eigenvalue weighted by molar-refractivity contribution is -0.130. The van der Waals surface area contributed by atoms with Crippen LogP contribution in [0.1, 0.15) is 16.8 Å². The molecule has 1 aromatic rings. The molecule has 1 saturated heterocycles. The Morgan fingerprint density at radius 2 is 1.77 bits per heavy atom. The Labute approximate surface area is 135 Å². The lowest BCUT2D eigenvalue weighted by Gasteiger charge is -2.22. The van der Waals surface area contributed by atoms with E-state index in [1.165, 1.54) is 12.1 Å². The molecule has 122 valence electrons. The first-order valence-electron chi connectivity index (χ1n) is 7.09. The van der Waals surface area contributed by atoms with Crippen molar-refractivity contribution >= 4 is 24.2 Å². The summed E-state index contributed by atoms with van der Waals surface area (Å²) in [4.78, 5) is 27.6. The highest BCUT2D eigenvalue weighted by Gasteiger charge is 2.23. The molecule has 0 aromatic heterocycles. The number of halogens is 2. The summed E-state index contributed by atoms with van der Waals surface area (Å²) in [6.07, 6.45) is 0.704. The van der Waals surface area contributed by atoms with Gasteiger partial charge in [0, 0.05) is 26.2 Å².